The SMILES string of the molecule is CN(CC1CC(Cl)C1)C(=O)CSc1ccccc1. The van der Waals surface area contributed by atoms with Gasteiger partial charge in [0.25, 0.3) is 0 Å². The van der Waals surface area contributed by atoms with E-state index in [9.17, 15) is 4.79 Å². The molecule has 0 bridgehead atoms. The van der Waals surface area contributed by atoms with Crippen LogP contribution in [0.25, 0.3) is 0 Å². The Morgan fingerprint density at radius 1 is 1.39 bits per heavy atom. The third kappa shape index (κ3) is 3.92. The Bertz CT molecular complexity index is 392. The van der Waals surface area contributed by atoms with E-state index in [1.165, 1.54) is 0 Å². The summed E-state index contributed by atoms with van der Waals surface area (Å²) in [6.45, 7) is 0.845. The summed E-state index contributed by atoms with van der Waals surface area (Å²) in [7, 11) is 1.88. The van der Waals surface area contributed by atoms with Crippen LogP contribution in [-0.4, -0.2) is 35.5 Å². The number of nitrogens with zero attached hydrogens (tertiary/aromatic N) is 1. The first-order chi connectivity index (χ1) is 8.65. The molecule has 1 fully saturated rings. The number of carbonyl (C=O) groups is 1. The van der Waals surface area contributed by atoms with Gasteiger partial charge in [-0.05, 0) is 30.9 Å². The van der Waals surface area contributed by atoms with E-state index in [0.717, 1.165) is 24.3 Å². The summed E-state index contributed by atoms with van der Waals surface area (Å²) in [6, 6.07) is 10.0. The number of halogens is 1. The van der Waals surface area contributed by atoms with Gasteiger partial charge < -0.3 is 4.90 Å². The smallest absolute Gasteiger partial charge is 0.232 e. The predicted molar refractivity (Wildman–Crippen MR) is 77.2 cm³/mol. The maximum atomic E-state index is 11.9. The summed E-state index contributed by atoms with van der Waals surface area (Å²) in [5.41, 5.74) is 0. The van der Waals surface area contributed by atoms with Crippen LogP contribution in [0.4, 0.5) is 0 Å². The van der Waals surface area contributed by atoms with E-state index in [2.05, 4.69) is 0 Å². The highest BCUT2D eigenvalue weighted by Crippen LogP contribution is 2.32. The van der Waals surface area contributed by atoms with Gasteiger partial charge in [-0.2, -0.15) is 0 Å². The molecule has 0 radical (unpaired) electrons. The zero-order valence-electron chi connectivity index (χ0n) is 10.5. The van der Waals surface area contributed by atoms with Gasteiger partial charge in [0.1, 0.15) is 0 Å². The Labute approximate surface area is 118 Å². The quantitative estimate of drug-likeness (QED) is 0.611. The Balaban J connectivity index is 1.71. The summed E-state index contributed by atoms with van der Waals surface area (Å²) in [4.78, 5) is 14.9. The van der Waals surface area contributed by atoms with Gasteiger partial charge in [-0.25, -0.2) is 0 Å². The van der Waals surface area contributed by atoms with Crippen molar-refractivity contribution >= 4 is 29.3 Å². The lowest BCUT2D eigenvalue weighted by molar-refractivity contribution is -0.127. The zero-order valence-corrected chi connectivity index (χ0v) is 12.1. The van der Waals surface area contributed by atoms with Crippen molar-refractivity contribution in [2.45, 2.75) is 23.1 Å². The second-order valence-electron chi connectivity index (χ2n) is 4.81. The predicted octanol–water partition coefficient (Wildman–Crippen LogP) is 3.25. The van der Waals surface area contributed by atoms with Crippen molar-refractivity contribution in [3.05, 3.63) is 30.3 Å². The molecule has 0 saturated heterocycles. The number of benzene rings is 1. The van der Waals surface area contributed by atoms with E-state index in [4.69, 9.17) is 11.6 Å². The van der Waals surface area contributed by atoms with Crippen molar-refractivity contribution in [3.63, 3.8) is 0 Å². The van der Waals surface area contributed by atoms with Gasteiger partial charge in [-0.1, -0.05) is 18.2 Å². The minimum atomic E-state index is 0.196. The number of thioether (sulfide) groups is 1. The van der Waals surface area contributed by atoms with Crippen LogP contribution in [0.3, 0.4) is 0 Å². The molecule has 0 unspecified atom stereocenters. The molecule has 2 rings (SSSR count). The first-order valence-electron chi connectivity index (χ1n) is 6.21. The lowest BCUT2D eigenvalue weighted by Gasteiger charge is -2.34. The first kappa shape index (κ1) is 13.8. The minimum Gasteiger partial charge on any atom is -0.345 e. The van der Waals surface area contributed by atoms with Crippen molar-refractivity contribution in [2.75, 3.05) is 19.3 Å². The van der Waals surface area contributed by atoms with Gasteiger partial charge in [-0.3, -0.25) is 4.79 Å². The largest absolute Gasteiger partial charge is 0.345 e. The van der Waals surface area contributed by atoms with Crippen molar-refractivity contribution < 1.29 is 4.79 Å². The van der Waals surface area contributed by atoms with E-state index in [0.29, 0.717) is 17.0 Å². The summed E-state index contributed by atoms with van der Waals surface area (Å²) in [6.07, 6.45) is 2.09. The van der Waals surface area contributed by atoms with Crippen LogP contribution in [0, 0.1) is 5.92 Å². The van der Waals surface area contributed by atoms with E-state index in [1.54, 1.807) is 11.8 Å². The fourth-order valence-electron chi connectivity index (χ4n) is 2.06. The van der Waals surface area contributed by atoms with Crippen molar-refractivity contribution in [3.8, 4) is 0 Å². The van der Waals surface area contributed by atoms with Crippen LogP contribution in [0.15, 0.2) is 35.2 Å². The highest BCUT2D eigenvalue weighted by Gasteiger charge is 2.28. The van der Waals surface area contributed by atoms with Gasteiger partial charge in [0.15, 0.2) is 0 Å². The van der Waals surface area contributed by atoms with Crippen LogP contribution in [0.5, 0.6) is 0 Å². The van der Waals surface area contributed by atoms with Gasteiger partial charge in [-0.15, -0.1) is 23.4 Å². The molecule has 1 aromatic carbocycles. The average Bonchev–Trinajstić information content (AvgIpc) is 2.35. The minimum absolute atomic E-state index is 0.196. The molecule has 1 saturated carbocycles. The number of carbonyl (C=O) groups excluding carboxylic acids is 1. The summed E-state index contributed by atoms with van der Waals surface area (Å²) in [5.74, 6) is 1.31. The Hall–Kier alpha value is -0.670. The molecular weight excluding hydrogens is 266 g/mol. The molecule has 0 N–H and O–H groups in total. The average molecular weight is 284 g/mol. The third-order valence-corrected chi connectivity index (χ3v) is 4.59. The van der Waals surface area contributed by atoms with E-state index < -0.39 is 0 Å². The summed E-state index contributed by atoms with van der Waals surface area (Å²) < 4.78 is 0. The topological polar surface area (TPSA) is 20.3 Å². The number of rotatable bonds is 5. The first-order valence-corrected chi connectivity index (χ1v) is 7.63. The third-order valence-electron chi connectivity index (χ3n) is 3.24. The summed E-state index contributed by atoms with van der Waals surface area (Å²) >= 11 is 7.53. The number of hydrogen-bond acceptors (Lipinski definition) is 2. The molecule has 4 heteroatoms. The van der Waals surface area contributed by atoms with Gasteiger partial charge >= 0.3 is 0 Å². The Morgan fingerprint density at radius 3 is 2.67 bits per heavy atom. The number of hydrogen-bond donors (Lipinski definition) is 0. The molecule has 0 atom stereocenters. The molecule has 98 valence electrons. The van der Waals surface area contributed by atoms with Crippen LogP contribution < -0.4 is 0 Å². The van der Waals surface area contributed by atoms with Crippen LogP contribution >= 0.6 is 23.4 Å². The number of alkyl halides is 1. The molecular formula is C14H18ClNOS. The molecule has 1 aromatic rings. The molecule has 1 aliphatic carbocycles. The monoisotopic (exact) mass is 283 g/mol. The second kappa shape index (κ2) is 6.48. The fourth-order valence-corrected chi connectivity index (χ4v) is 3.43. The lowest BCUT2D eigenvalue weighted by Crippen LogP contribution is -2.38. The lowest BCUT2D eigenvalue weighted by atomic mass is 9.84. The number of amides is 1. The maximum absolute atomic E-state index is 11.9. The van der Waals surface area contributed by atoms with Crippen molar-refractivity contribution in [1.82, 2.24) is 4.90 Å². The van der Waals surface area contributed by atoms with Gasteiger partial charge in [0.2, 0.25) is 5.91 Å². The van der Waals surface area contributed by atoms with Gasteiger partial charge in [0, 0.05) is 23.9 Å². The fraction of sp³-hybridized carbons (Fsp3) is 0.500. The summed E-state index contributed by atoms with van der Waals surface area (Å²) in [5, 5.41) is 0.331. The highest BCUT2D eigenvalue weighted by molar-refractivity contribution is 8.00. The molecule has 1 aliphatic rings. The maximum Gasteiger partial charge on any atom is 0.232 e. The van der Waals surface area contributed by atoms with Crippen LogP contribution in [0.1, 0.15) is 12.8 Å². The van der Waals surface area contributed by atoms with E-state index >= 15 is 0 Å². The zero-order chi connectivity index (χ0) is 13.0. The van der Waals surface area contributed by atoms with E-state index in [1.807, 2.05) is 42.3 Å². The van der Waals surface area contributed by atoms with Crippen LogP contribution in [0.2, 0.25) is 0 Å². The highest BCUT2D eigenvalue weighted by atomic mass is 35.5. The molecule has 0 spiro atoms. The van der Waals surface area contributed by atoms with Crippen molar-refractivity contribution in [1.29, 1.82) is 0 Å². The Morgan fingerprint density at radius 2 is 2.06 bits per heavy atom. The second-order valence-corrected chi connectivity index (χ2v) is 6.48. The normalized spacial score (nSPS) is 22.3. The molecule has 2 nitrogen and oxygen atoms in total. The van der Waals surface area contributed by atoms with Crippen LogP contribution in [-0.2, 0) is 4.79 Å². The van der Waals surface area contributed by atoms with Gasteiger partial charge in [0.05, 0.1) is 5.75 Å². The molecule has 18 heavy (non-hydrogen) atoms. The molecule has 0 heterocycles. The standard InChI is InChI=1S/C14H18ClNOS/c1-16(9-11-7-12(15)8-11)14(17)10-18-13-5-3-2-4-6-13/h2-6,11-12H,7-10H2,1H3. The van der Waals surface area contributed by atoms with Crippen molar-refractivity contribution in [2.24, 2.45) is 5.92 Å². The molecule has 1 amide bonds. The Kier molecular flexibility index (Phi) is 4.95. The molecule has 0 aromatic heterocycles. The van der Waals surface area contributed by atoms with E-state index in [-0.39, 0.29) is 5.91 Å². The molecule has 0 aliphatic heterocycles.